The lowest BCUT2D eigenvalue weighted by atomic mass is 9.81. The van der Waals surface area contributed by atoms with Crippen LogP contribution in [0, 0.1) is 5.92 Å². The maximum atomic E-state index is 13.0. The predicted octanol–water partition coefficient (Wildman–Crippen LogP) is 13.2. The fraction of sp³-hybridized carbons (Fsp3) is 0.980. The minimum absolute atomic E-state index is 0.0651. The SMILES string of the molecule is CCCCCCCCCCCCCCCCCCCCCCCCCC(=O)N[C@H](CCCCCCCCCCCCCCCC)COC1CC(CO)C(O)C(O)C1O. The van der Waals surface area contributed by atoms with Crippen LogP contribution in [0.15, 0.2) is 0 Å². The maximum absolute atomic E-state index is 13.0. The third kappa shape index (κ3) is 32.0. The Hall–Kier alpha value is -0.730. The summed E-state index contributed by atoms with van der Waals surface area (Å²) in [5.41, 5.74) is 0. The standard InChI is InChI=1S/C51H101NO6/c1-3-5-7-9-11-13-15-17-19-20-21-22-23-24-25-26-27-29-31-33-35-37-39-41-48(54)52-46(44-58-47-42-45(43-53)49(55)51(57)50(47)56)40-38-36-34-32-30-28-18-16-14-12-10-8-6-4-2/h45-47,49-51,53,55-57H,3-44H2,1-2H3,(H,52,54)/t45?,46-,47?,49?,50?,51?/m1/s1. The molecule has 7 nitrogen and oxygen atoms in total. The van der Waals surface area contributed by atoms with Gasteiger partial charge in [0, 0.05) is 18.9 Å². The molecule has 1 aliphatic rings. The van der Waals surface area contributed by atoms with Crippen LogP contribution in [-0.4, -0.2) is 70.0 Å². The summed E-state index contributed by atoms with van der Waals surface area (Å²) in [6.07, 6.45) is 46.7. The van der Waals surface area contributed by atoms with E-state index in [-0.39, 0.29) is 31.6 Å². The van der Waals surface area contributed by atoms with Gasteiger partial charge in [0.2, 0.25) is 5.91 Å². The Morgan fingerprint density at radius 2 is 0.810 bits per heavy atom. The van der Waals surface area contributed by atoms with E-state index >= 15 is 0 Å². The van der Waals surface area contributed by atoms with Crippen LogP contribution in [0.25, 0.3) is 0 Å². The molecule has 0 spiro atoms. The molecule has 58 heavy (non-hydrogen) atoms. The lowest BCUT2D eigenvalue weighted by Crippen LogP contribution is -2.55. The molecule has 1 rings (SSSR count). The summed E-state index contributed by atoms with van der Waals surface area (Å²) < 4.78 is 6.09. The summed E-state index contributed by atoms with van der Waals surface area (Å²) in [5.74, 6) is -0.476. The summed E-state index contributed by atoms with van der Waals surface area (Å²) in [6, 6.07) is -0.155. The van der Waals surface area contributed by atoms with Crippen LogP contribution in [0.1, 0.15) is 271 Å². The van der Waals surface area contributed by atoms with Gasteiger partial charge in [-0.25, -0.2) is 0 Å². The monoisotopic (exact) mass is 824 g/mol. The molecule has 1 fully saturated rings. The first kappa shape index (κ1) is 55.3. The van der Waals surface area contributed by atoms with Crippen LogP contribution >= 0.6 is 0 Å². The van der Waals surface area contributed by atoms with Crippen molar-refractivity contribution >= 4 is 5.91 Å². The highest BCUT2D eigenvalue weighted by Gasteiger charge is 2.43. The fourth-order valence-corrected chi connectivity index (χ4v) is 9.02. The lowest BCUT2D eigenvalue weighted by Gasteiger charge is -2.40. The van der Waals surface area contributed by atoms with Gasteiger partial charge in [0.25, 0.3) is 0 Å². The number of hydrogen-bond donors (Lipinski definition) is 5. The van der Waals surface area contributed by atoms with Crippen molar-refractivity contribution in [1.29, 1.82) is 0 Å². The highest BCUT2D eigenvalue weighted by atomic mass is 16.5. The number of rotatable bonds is 44. The van der Waals surface area contributed by atoms with Crippen molar-refractivity contribution in [1.82, 2.24) is 5.32 Å². The summed E-state index contributed by atoms with van der Waals surface area (Å²) in [4.78, 5) is 13.0. The van der Waals surface area contributed by atoms with Crippen molar-refractivity contribution in [2.24, 2.45) is 5.92 Å². The number of carbonyl (C=O) groups is 1. The molecule has 0 radical (unpaired) electrons. The van der Waals surface area contributed by atoms with E-state index < -0.39 is 30.3 Å². The van der Waals surface area contributed by atoms with Gasteiger partial charge in [-0.2, -0.15) is 0 Å². The second kappa shape index (κ2) is 41.6. The van der Waals surface area contributed by atoms with Crippen LogP contribution in [0.2, 0.25) is 0 Å². The molecule has 0 bridgehead atoms. The fourth-order valence-electron chi connectivity index (χ4n) is 9.02. The van der Waals surface area contributed by atoms with Crippen LogP contribution in [-0.2, 0) is 9.53 Å². The van der Waals surface area contributed by atoms with E-state index in [4.69, 9.17) is 4.74 Å². The summed E-state index contributed by atoms with van der Waals surface area (Å²) in [5, 5.41) is 44.0. The number of amides is 1. The van der Waals surface area contributed by atoms with Crippen LogP contribution < -0.4 is 5.32 Å². The number of aliphatic hydroxyl groups excluding tert-OH is 4. The highest BCUT2D eigenvalue weighted by molar-refractivity contribution is 5.76. The Morgan fingerprint density at radius 1 is 0.483 bits per heavy atom. The Kier molecular flexibility index (Phi) is 39.7. The average molecular weight is 824 g/mol. The maximum Gasteiger partial charge on any atom is 0.220 e. The zero-order valence-electron chi connectivity index (χ0n) is 38.8. The minimum atomic E-state index is -1.35. The van der Waals surface area contributed by atoms with Crippen molar-refractivity contribution in [3.05, 3.63) is 0 Å². The van der Waals surface area contributed by atoms with Gasteiger partial charge in [-0.3, -0.25) is 4.79 Å². The molecule has 6 atom stereocenters. The number of hydrogen-bond acceptors (Lipinski definition) is 6. The van der Waals surface area contributed by atoms with Crippen LogP contribution in [0.3, 0.4) is 0 Å². The molecule has 0 heterocycles. The zero-order valence-corrected chi connectivity index (χ0v) is 38.8. The topological polar surface area (TPSA) is 119 Å². The number of aliphatic hydroxyl groups is 4. The van der Waals surface area contributed by atoms with Crippen molar-refractivity contribution in [2.75, 3.05) is 13.2 Å². The molecular weight excluding hydrogens is 723 g/mol. The highest BCUT2D eigenvalue weighted by Crippen LogP contribution is 2.28. The lowest BCUT2D eigenvalue weighted by molar-refractivity contribution is -0.179. The molecule has 0 aromatic heterocycles. The summed E-state index contributed by atoms with van der Waals surface area (Å²) in [7, 11) is 0. The zero-order chi connectivity index (χ0) is 42.2. The third-order valence-electron chi connectivity index (χ3n) is 13.1. The van der Waals surface area contributed by atoms with Gasteiger partial charge in [0.15, 0.2) is 0 Å². The molecule has 5 N–H and O–H groups in total. The molecule has 7 heteroatoms. The number of unbranched alkanes of at least 4 members (excludes halogenated alkanes) is 35. The Balaban J connectivity index is 2.15. The number of carbonyl (C=O) groups excluding carboxylic acids is 1. The van der Waals surface area contributed by atoms with Gasteiger partial charge >= 0.3 is 0 Å². The quantitative estimate of drug-likeness (QED) is 0.0391. The van der Waals surface area contributed by atoms with Crippen molar-refractivity contribution in [3.63, 3.8) is 0 Å². The van der Waals surface area contributed by atoms with Gasteiger partial charge < -0.3 is 30.5 Å². The van der Waals surface area contributed by atoms with Crippen LogP contribution in [0.4, 0.5) is 0 Å². The van der Waals surface area contributed by atoms with Crippen molar-refractivity contribution < 1.29 is 30.0 Å². The molecule has 346 valence electrons. The first-order chi connectivity index (χ1) is 28.4. The minimum Gasteiger partial charge on any atom is -0.396 e. The first-order valence-electron chi connectivity index (χ1n) is 26.0. The Labute approximate surface area is 360 Å². The first-order valence-corrected chi connectivity index (χ1v) is 26.0. The average Bonchev–Trinajstić information content (AvgIpc) is 3.22. The number of nitrogens with one attached hydrogen (secondary N) is 1. The summed E-state index contributed by atoms with van der Waals surface area (Å²) >= 11 is 0. The predicted molar refractivity (Wildman–Crippen MR) is 246 cm³/mol. The largest absolute Gasteiger partial charge is 0.396 e. The molecular formula is C51H101NO6. The van der Waals surface area contributed by atoms with Gasteiger partial charge in [0.05, 0.1) is 24.9 Å². The smallest absolute Gasteiger partial charge is 0.220 e. The molecule has 0 aliphatic heterocycles. The molecule has 1 aliphatic carbocycles. The molecule has 5 unspecified atom stereocenters. The van der Waals surface area contributed by atoms with Crippen molar-refractivity contribution in [3.8, 4) is 0 Å². The van der Waals surface area contributed by atoms with E-state index in [0.717, 1.165) is 32.1 Å². The van der Waals surface area contributed by atoms with Gasteiger partial charge in [-0.15, -0.1) is 0 Å². The second-order valence-corrected chi connectivity index (χ2v) is 18.7. The van der Waals surface area contributed by atoms with E-state index in [2.05, 4.69) is 19.2 Å². The molecule has 0 saturated heterocycles. The van der Waals surface area contributed by atoms with E-state index in [0.29, 0.717) is 6.42 Å². The van der Waals surface area contributed by atoms with Crippen LogP contribution in [0.5, 0.6) is 0 Å². The summed E-state index contributed by atoms with van der Waals surface area (Å²) in [6.45, 7) is 4.55. The van der Waals surface area contributed by atoms with E-state index in [9.17, 15) is 25.2 Å². The van der Waals surface area contributed by atoms with E-state index in [1.807, 2.05) is 0 Å². The third-order valence-corrected chi connectivity index (χ3v) is 13.1. The van der Waals surface area contributed by atoms with Gasteiger partial charge in [-0.05, 0) is 19.3 Å². The molecule has 0 aromatic carbocycles. The van der Waals surface area contributed by atoms with Crippen molar-refractivity contribution in [2.45, 2.75) is 301 Å². The molecule has 0 aromatic rings. The van der Waals surface area contributed by atoms with E-state index in [1.165, 1.54) is 212 Å². The van der Waals surface area contributed by atoms with E-state index in [1.54, 1.807) is 0 Å². The normalized spacial score (nSPS) is 20.1. The molecule has 1 amide bonds. The van der Waals surface area contributed by atoms with Gasteiger partial charge in [-0.1, -0.05) is 245 Å². The Morgan fingerprint density at radius 3 is 1.16 bits per heavy atom. The molecule has 1 saturated carbocycles. The second-order valence-electron chi connectivity index (χ2n) is 18.7. The number of ether oxygens (including phenoxy) is 1. The van der Waals surface area contributed by atoms with Gasteiger partial charge in [0.1, 0.15) is 12.2 Å². The Bertz CT molecular complexity index is 857.